The van der Waals surface area contributed by atoms with Gasteiger partial charge in [0.15, 0.2) is 0 Å². The zero-order valence-electron chi connectivity index (χ0n) is 11.4. The molecule has 2 aromatic rings. The second-order valence-electron chi connectivity index (χ2n) is 4.74. The number of hydrogen-bond acceptors (Lipinski definition) is 5. The van der Waals surface area contributed by atoms with Crippen LogP contribution >= 0.6 is 0 Å². The van der Waals surface area contributed by atoms with Crippen LogP contribution in [0.3, 0.4) is 0 Å². The van der Waals surface area contributed by atoms with Gasteiger partial charge in [-0.3, -0.25) is 14.6 Å². The number of carboxylic acids is 1. The number of fused-ring (bicyclic) bond motifs is 1. The standard InChI is InChI=1S/C15H10N4O3/c16-7-9-2-1-3-10(6-9)13-14-11(4-5-17-14)15(22)19(18-13)8-12(20)21/h1-3,5-6H,4,8H2,(H,20,21). The number of carboxylic acid groups (broad SMARTS) is 1. The van der Waals surface area contributed by atoms with E-state index in [0.29, 0.717) is 34.5 Å². The SMILES string of the molecule is N#Cc1cccc(-c2nn(CC(=O)O)c(=O)c3c2N=CC3)c1. The molecule has 108 valence electrons. The molecule has 0 saturated heterocycles. The summed E-state index contributed by atoms with van der Waals surface area (Å²) in [6.07, 6.45) is 1.94. The van der Waals surface area contributed by atoms with Gasteiger partial charge in [0.25, 0.3) is 5.56 Å². The first-order valence-corrected chi connectivity index (χ1v) is 6.49. The highest BCUT2D eigenvalue weighted by molar-refractivity contribution is 5.84. The minimum atomic E-state index is -1.15. The van der Waals surface area contributed by atoms with Crippen molar-refractivity contribution in [2.45, 2.75) is 13.0 Å². The lowest BCUT2D eigenvalue weighted by molar-refractivity contribution is -0.138. The molecule has 0 fully saturated rings. The predicted molar refractivity (Wildman–Crippen MR) is 78.1 cm³/mol. The van der Waals surface area contributed by atoms with Crippen LogP contribution in [0.2, 0.25) is 0 Å². The number of aliphatic imine (C=N–C) groups is 1. The summed E-state index contributed by atoms with van der Waals surface area (Å²) in [7, 11) is 0. The molecule has 0 amide bonds. The van der Waals surface area contributed by atoms with Gasteiger partial charge in [-0.1, -0.05) is 12.1 Å². The van der Waals surface area contributed by atoms with Gasteiger partial charge in [0, 0.05) is 18.2 Å². The molecule has 2 heterocycles. The van der Waals surface area contributed by atoms with Crippen molar-refractivity contribution in [1.82, 2.24) is 9.78 Å². The third-order valence-corrected chi connectivity index (χ3v) is 3.29. The molecule has 7 heteroatoms. The Bertz CT molecular complexity index is 906. The van der Waals surface area contributed by atoms with Crippen molar-refractivity contribution >= 4 is 17.9 Å². The number of aromatic nitrogens is 2. The van der Waals surface area contributed by atoms with Gasteiger partial charge in [0.1, 0.15) is 12.2 Å². The van der Waals surface area contributed by atoms with Gasteiger partial charge in [0.2, 0.25) is 0 Å². The molecule has 0 atom stereocenters. The fraction of sp³-hybridized carbons (Fsp3) is 0.133. The van der Waals surface area contributed by atoms with Gasteiger partial charge in [-0.05, 0) is 12.1 Å². The Labute approximate surface area is 124 Å². The number of rotatable bonds is 3. The largest absolute Gasteiger partial charge is 0.480 e. The van der Waals surface area contributed by atoms with E-state index in [0.717, 1.165) is 4.68 Å². The van der Waals surface area contributed by atoms with E-state index >= 15 is 0 Å². The zero-order chi connectivity index (χ0) is 15.7. The molecule has 0 saturated carbocycles. The lowest BCUT2D eigenvalue weighted by Crippen LogP contribution is -2.29. The van der Waals surface area contributed by atoms with Gasteiger partial charge in [-0.15, -0.1) is 0 Å². The van der Waals surface area contributed by atoms with E-state index in [2.05, 4.69) is 10.1 Å². The van der Waals surface area contributed by atoms with Crippen molar-refractivity contribution < 1.29 is 9.90 Å². The Morgan fingerprint density at radius 3 is 3.00 bits per heavy atom. The van der Waals surface area contributed by atoms with Crippen LogP contribution in [-0.4, -0.2) is 27.1 Å². The van der Waals surface area contributed by atoms with Crippen molar-refractivity contribution in [3.05, 3.63) is 45.7 Å². The third kappa shape index (κ3) is 2.27. The molecule has 1 aliphatic rings. The lowest BCUT2D eigenvalue weighted by Gasteiger charge is -2.10. The highest BCUT2D eigenvalue weighted by atomic mass is 16.4. The van der Waals surface area contributed by atoms with Crippen LogP contribution in [-0.2, 0) is 17.8 Å². The summed E-state index contributed by atoms with van der Waals surface area (Å²) in [5.74, 6) is -1.15. The molecule has 1 aliphatic heterocycles. The van der Waals surface area contributed by atoms with Crippen molar-refractivity contribution in [2.24, 2.45) is 4.99 Å². The first kappa shape index (κ1) is 13.7. The molecule has 7 nitrogen and oxygen atoms in total. The topological polar surface area (TPSA) is 108 Å². The Balaban J connectivity index is 2.24. The second-order valence-corrected chi connectivity index (χ2v) is 4.74. The summed E-state index contributed by atoms with van der Waals surface area (Å²) in [6, 6.07) is 8.76. The van der Waals surface area contributed by atoms with Crippen LogP contribution in [0.1, 0.15) is 11.1 Å². The van der Waals surface area contributed by atoms with Crippen molar-refractivity contribution in [3.8, 4) is 17.3 Å². The molecule has 0 spiro atoms. The monoisotopic (exact) mass is 294 g/mol. The first-order chi connectivity index (χ1) is 10.6. The van der Waals surface area contributed by atoms with E-state index in [1.807, 2.05) is 6.07 Å². The van der Waals surface area contributed by atoms with Crippen LogP contribution in [0, 0.1) is 11.3 Å². The quantitative estimate of drug-likeness (QED) is 0.912. The fourth-order valence-electron chi connectivity index (χ4n) is 2.33. The van der Waals surface area contributed by atoms with Crippen molar-refractivity contribution in [3.63, 3.8) is 0 Å². The minimum Gasteiger partial charge on any atom is -0.480 e. The molecular formula is C15H10N4O3. The van der Waals surface area contributed by atoms with E-state index in [1.54, 1.807) is 30.5 Å². The van der Waals surface area contributed by atoms with E-state index in [4.69, 9.17) is 10.4 Å². The minimum absolute atomic E-state index is 0.348. The maximum atomic E-state index is 12.2. The van der Waals surface area contributed by atoms with Crippen LogP contribution in [0.5, 0.6) is 0 Å². The number of aliphatic carboxylic acids is 1. The van der Waals surface area contributed by atoms with Crippen LogP contribution in [0.4, 0.5) is 5.69 Å². The fourth-order valence-corrected chi connectivity index (χ4v) is 2.33. The van der Waals surface area contributed by atoms with Gasteiger partial charge < -0.3 is 5.11 Å². The highest BCUT2D eigenvalue weighted by Crippen LogP contribution is 2.32. The summed E-state index contributed by atoms with van der Waals surface area (Å²) in [5.41, 5.74) is 1.90. The summed E-state index contributed by atoms with van der Waals surface area (Å²) >= 11 is 0. The molecule has 0 radical (unpaired) electrons. The van der Waals surface area contributed by atoms with Crippen molar-refractivity contribution in [1.29, 1.82) is 5.26 Å². The van der Waals surface area contributed by atoms with Gasteiger partial charge in [-0.2, -0.15) is 10.4 Å². The molecule has 0 bridgehead atoms. The highest BCUT2D eigenvalue weighted by Gasteiger charge is 2.21. The molecule has 3 rings (SSSR count). The molecule has 1 aromatic heterocycles. The Hall–Kier alpha value is -3.27. The van der Waals surface area contributed by atoms with Crippen LogP contribution in [0.25, 0.3) is 11.3 Å². The second kappa shape index (κ2) is 5.26. The molecular weight excluding hydrogens is 284 g/mol. The van der Waals surface area contributed by atoms with Gasteiger partial charge >= 0.3 is 5.97 Å². The average molecular weight is 294 g/mol. The van der Waals surface area contributed by atoms with Gasteiger partial charge in [0.05, 0.1) is 22.9 Å². The number of benzene rings is 1. The predicted octanol–water partition coefficient (Wildman–Crippen LogP) is 1.12. The number of carbonyl (C=O) groups is 1. The number of nitrogens with zero attached hydrogens (tertiary/aromatic N) is 4. The zero-order valence-corrected chi connectivity index (χ0v) is 11.4. The van der Waals surface area contributed by atoms with E-state index in [9.17, 15) is 9.59 Å². The van der Waals surface area contributed by atoms with E-state index in [1.165, 1.54) is 0 Å². The molecule has 0 unspecified atom stereocenters. The normalized spacial score (nSPS) is 12.0. The van der Waals surface area contributed by atoms with Gasteiger partial charge in [-0.25, -0.2) is 4.68 Å². The Morgan fingerprint density at radius 1 is 1.45 bits per heavy atom. The molecule has 0 aliphatic carbocycles. The summed E-state index contributed by atoms with van der Waals surface area (Å²) in [4.78, 5) is 27.3. The molecule has 1 aromatic carbocycles. The molecule has 1 N–H and O–H groups in total. The van der Waals surface area contributed by atoms with Crippen molar-refractivity contribution in [2.75, 3.05) is 0 Å². The number of hydrogen-bond donors (Lipinski definition) is 1. The van der Waals surface area contributed by atoms with Crippen LogP contribution in [0.15, 0.2) is 34.1 Å². The number of nitriles is 1. The summed E-state index contributed by atoms with van der Waals surface area (Å²) < 4.78 is 0.921. The molecule has 22 heavy (non-hydrogen) atoms. The maximum Gasteiger partial charge on any atom is 0.325 e. The first-order valence-electron chi connectivity index (χ1n) is 6.49. The lowest BCUT2D eigenvalue weighted by atomic mass is 10.1. The average Bonchev–Trinajstić information content (AvgIpc) is 2.99. The van der Waals surface area contributed by atoms with Crippen LogP contribution < -0.4 is 5.56 Å². The van der Waals surface area contributed by atoms with E-state index < -0.39 is 18.1 Å². The summed E-state index contributed by atoms with van der Waals surface area (Å²) in [5, 5.41) is 22.0. The smallest absolute Gasteiger partial charge is 0.325 e. The Kier molecular flexibility index (Phi) is 3.27. The summed E-state index contributed by atoms with van der Waals surface area (Å²) in [6.45, 7) is -0.517. The third-order valence-electron chi connectivity index (χ3n) is 3.29. The van der Waals surface area contributed by atoms with E-state index in [-0.39, 0.29) is 0 Å². The maximum absolute atomic E-state index is 12.2. The Morgan fingerprint density at radius 2 is 2.27 bits per heavy atom.